The van der Waals surface area contributed by atoms with Gasteiger partial charge in [0.2, 0.25) is 0 Å². The third-order valence-corrected chi connectivity index (χ3v) is 4.12. The van der Waals surface area contributed by atoms with Crippen molar-refractivity contribution in [3.63, 3.8) is 0 Å². The van der Waals surface area contributed by atoms with Crippen LogP contribution in [0.1, 0.15) is 37.3 Å². The van der Waals surface area contributed by atoms with Gasteiger partial charge in [0.25, 0.3) is 0 Å². The van der Waals surface area contributed by atoms with Crippen molar-refractivity contribution in [1.29, 1.82) is 0 Å². The topological polar surface area (TPSA) is 0 Å². The smallest absolute Gasteiger partial charge is 0.0141 e. The van der Waals surface area contributed by atoms with Gasteiger partial charge in [0.05, 0.1) is 0 Å². The van der Waals surface area contributed by atoms with E-state index < -0.39 is 0 Å². The molecule has 1 unspecified atom stereocenters. The average molecular weight is 270 g/mol. The van der Waals surface area contributed by atoms with Crippen LogP contribution in [-0.4, -0.2) is 6.16 Å². The van der Waals surface area contributed by atoms with E-state index in [-0.39, 0.29) is 5.41 Å². The van der Waals surface area contributed by atoms with Crippen molar-refractivity contribution in [2.24, 2.45) is 5.41 Å². The van der Waals surface area contributed by atoms with Gasteiger partial charge in [0.1, 0.15) is 0 Å². The third-order valence-electron chi connectivity index (χ3n) is 3.84. The Morgan fingerprint density at radius 3 is 1.63 bits per heavy atom. The maximum atomic E-state index is 2.86. The third kappa shape index (κ3) is 3.45. The second-order valence-corrected chi connectivity index (χ2v) is 6.36. The van der Waals surface area contributed by atoms with Crippen molar-refractivity contribution in [1.82, 2.24) is 0 Å². The molecule has 2 rings (SSSR count). The highest BCUT2D eigenvalue weighted by molar-refractivity contribution is 7.16. The zero-order chi connectivity index (χ0) is 13.7. The fourth-order valence-electron chi connectivity index (χ4n) is 2.90. The lowest BCUT2D eigenvalue weighted by Gasteiger charge is -2.35. The summed E-state index contributed by atoms with van der Waals surface area (Å²) in [7, 11) is 2.86. The molecule has 0 spiro atoms. The SMILES string of the molecule is CC(C)(CCP)C(c1ccccc1)c1ccccc1. The quantitative estimate of drug-likeness (QED) is 0.662. The molecule has 0 N–H and O–H groups in total. The van der Waals surface area contributed by atoms with Crippen molar-refractivity contribution in [3.05, 3.63) is 71.8 Å². The summed E-state index contributed by atoms with van der Waals surface area (Å²) in [4.78, 5) is 0. The van der Waals surface area contributed by atoms with Crippen LogP contribution in [0.4, 0.5) is 0 Å². The predicted octanol–water partition coefficient (Wildman–Crippen LogP) is 5.11. The minimum atomic E-state index is 0.254. The Labute approximate surface area is 119 Å². The molecule has 0 aliphatic rings. The first kappa shape index (κ1) is 14.3. The highest BCUT2D eigenvalue weighted by Gasteiger charge is 2.31. The summed E-state index contributed by atoms with van der Waals surface area (Å²) in [5.41, 5.74) is 3.08. The fraction of sp³-hybridized carbons (Fsp3) is 0.333. The van der Waals surface area contributed by atoms with Crippen LogP contribution in [0.2, 0.25) is 0 Å². The van der Waals surface area contributed by atoms with E-state index in [4.69, 9.17) is 0 Å². The number of hydrogen-bond donors (Lipinski definition) is 0. The summed E-state index contributed by atoms with van der Waals surface area (Å²) in [6, 6.07) is 21.8. The van der Waals surface area contributed by atoms with Gasteiger partial charge in [-0.25, -0.2) is 0 Å². The first-order chi connectivity index (χ1) is 9.15. The van der Waals surface area contributed by atoms with Gasteiger partial charge in [-0.3, -0.25) is 0 Å². The number of benzene rings is 2. The Balaban J connectivity index is 2.46. The molecule has 0 bridgehead atoms. The zero-order valence-electron chi connectivity index (χ0n) is 11.8. The summed E-state index contributed by atoms with van der Waals surface area (Å²) >= 11 is 0. The minimum Gasteiger partial charge on any atom is -0.138 e. The molecular weight excluding hydrogens is 247 g/mol. The lowest BCUT2D eigenvalue weighted by Crippen LogP contribution is -2.24. The Morgan fingerprint density at radius 1 is 0.842 bits per heavy atom. The van der Waals surface area contributed by atoms with Crippen LogP contribution >= 0.6 is 9.24 Å². The fourth-order valence-corrected chi connectivity index (χ4v) is 3.65. The molecule has 2 aromatic rings. The lowest BCUT2D eigenvalue weighted by molar-refractivity contribution is 0.308. The largest absolute Gasteiger partial charge is 0.138 e. The molecule has 0 heterocycles. The number of rotatable bonds is 5. The van der Waals surface area contributed by atoms with E-state index in [2.05, 4.69) is 83.8 Å². The molecule has 0 nitrogen and oxygen atoms in total. The molecule has 0 aliphatic carbocycles. The van der Waals surface area contributed by atoms with Crippen molar-refractivity contribution >= 4 is 9.24 Å². The van der Waals surface area contributed by atoms with Gasteiger partial charge >= 0.3 is 0 Å². The van der Waals surface area contributed by atoms with Gasteiger partial charge in [-0.15, -0.1) is 9.24 Å². The maximum absolute atomic E-state index is 2.86. The minimum absolute atomic E-state index is 0.254. The van der Waals surface area contributed by atoms with Crippen LogP contribution in [0.5, 0.6) is 0 Å². The Hall–Kier alpha value is -1.13. The maximum Gasteiger partial charge on any atom is 0.0141 e. The van der Waals surface area contributed by atoms with E-state index >= 15 is 0 Å². The standard InChI is InChI=1S/C18H23P/c1-18(2,13-14-19)17(15-9-5-3-6-10-15)16-11-7-4-8-12-16/h3-12,17H,13-14,19H2,1-2H3. The van der Waals surface area contributed by atoms with Crippen molar-refractivity contribution in [3.8, 4) is 0 Å². The van der Waals surface area contributed by atoms with Gasteiger partial charge in [0.15, 0.2) is 0 Å². The van der Waals surface area contributed by atoms with E-state index in [9.17, 15) is 0 Å². The Bertz CT molecular complexity index is 448. The Kier molecular flexibility index (Phi) is 4.77. The van der Waals surface area contributed by atoms with E-state index in [1.807, 2.05) is 0 Å². The van der Waals surface area contributed by atoms with E-state index in [0.717, 1.165) is 6.16 Å². The summed E-state index contributed by atoms with van der Waals surface area (Å²) in [6.45, 7) is 4.75. The lowest BCUT2D eigenvalue weighted by atomic mass is 9.70. The second-order valence-electron chi connectivity index (χ2n) is 5.78. The van der Waals surface area contributed by atoms with Crippen LogP contribution < -0.4 is 0 Å². The monoisotopic (exact) mass is 270 g/mol. The highest BCUT2D eigenvalue weighted by Crippen LogP contribution is 2.43. The van der Waals surface area contributed by atoms with E-state index in [0.29, 0.717) is 5.92 Å². The van der Waals surface area contributed by atoms with Crippen LogP contribution in [0.15, 0.2) is 60.7 Å². The predicted molar refractivity (Wildman–Crippen MR) is 87.7 cm³/mol. The van der Waals surface area contributed by atoms with E-state index in [1.54, 1.807) is 0 Å². The van der Waals surface area contributed by atoms with Crippen molar-refractivity contribution in [2.45, 2.75) is 26.2 Å². The molecule has 1 atom stereocenters. The molecule has 2 aromatic carbocycles. The summed E-state index contributed by atoms with van der Waals surface area (Å²) in [5, 5.41) is 0. The Morgan fingerprint density at radius 2 is 1.26 bits per heavy atom. The van der Waals surface area contributed by atoms with Gasteiger partial charge in [-0.1, -0.05) is 74.5 Å². The first-order valence-corrected chi connectivity index (χ1v) is 7.77. The summed E-state index contributed by atoms with van der Waals surface area (Å²) < 4.78 is 0. The molecule has 0 aliphatic heterocycles. The van der Waals surface area contributed by atoms with Crippen molar-refractivity contribution in [2.75, 3.05) is 6.16 Å². The average Bonchev–Trinajstić information content (AvgIpc) is 2.41. The van der Waals surface area contributed by atoms with E-state index in [1.165, 1.54) is 17.5 Å². The van der Waals surface area contributed by atoms with Gasteiger partial charge in [-0.05, 0) is 29.1 Å². The molecule has 0 amide bonds. The molecule has 0 saturated heterocycles. The van der Waals surface area contributed by atoms with Gasteiger partial charge < -0.3 is 0 Å². The molecule has 100 valence electrons. The van der Waals surface area contributed by atoms with Crippen molar-refractivity contribution < 1.29 is 0 Å². The zero-order valence-corrected chi connectivity index (χ0v) is 13.0. The normalized spacial score (nSPS) is 11.8. The summed E-state index contributed by atoms with van der Waals surface area (Å²) in [5.74, 6) is 0.454. The number of hydrogen-bond acceptors (Lipinski definition) is 0. The molecule has 0 radical (unpaired) electrons. The molecular formula is C18H23P. The summed E-state index contributed by atoms with van der Waals surface area (Å²) in [6.07, 6.45) is 2.34. The molecule has 0 saturated carbocycles. The molecule has 0 fully saturated rings. The van der Waals surface area contributed by atoms with Gasteiger partial charge in [0, 0.05) is 5.92 Å². The second kappa shape index (κ2) is 6.35. The van der Waals surface area contributed by atoms with Crippen LogP contribution in [0.25, 0.3) is 0 Å². The van der Waals surface area contributed by atoms with Crippen LogP contribution in [0, 0.1) is 5.41 Å². The molecule has 19 heavy (non-hydrogen) atoms. The van der Waals surface area contributed by atoms with Crippen LogP contribution in [-0.2, 0) is 0 Å². The molecule has 0 aromatic heterocycles. The molecule has 1 heteroatoms. The van der Waals surface area contributed by atoms with Gasteiger partial charge in [-0.2, -0.15) is 0 Å². The van der Waals surface area contributed by atoms with Crippen LogP contribution in [0.3, 0.4) is 0 Å². The first-order valence-electron chi connectivity index (χ1n) is 6.95. The highest BCUT2D eigenvalue weighted by atomic mass is 31.0.